The average molecular weight is 320 g/mol. The van der Waals surface area contributed by atoms with Crippen LogP contribution in [-0.4, -0.2) is 19.7 Å². The Bertz CT molecular complexity index is 564. The number of hydrogen-bond acceptors (Lipinski definition) is 2. The second-order valence-electron chi connectivity index (χ2n) is 5.18. The quantitative estimate of drug-likeness (QED) is 0.923. The predicted octanol–water partition coefficient (Wildman–Crippen LogP) is 3.98. The third kappa shape index (κ3) is 3.28. The number of nitrogens with one attached hydrogen (secondary N) is 1. The highest BCUT2D eigenvalue weighted by atomic mass is 79.9. The molecule has 100 valence electrons. The lowest BCUT2D eigenvalue weighted by atomic mass is 10.0. The first-order chi connectivity index (χ1) is 9.31. The van der Waals surface area contributed by atoms with Crippen LogP contribution in [0.25, 0.3) is 10.8 Å². The minimum atomic E-state index is 0.648. The Morgan fingerprint density at radius 2 is 2.00 bits per heavy atom. The molecule has 3 heteroatoms. The number of fused-ring (bicyclic) bond motifs is 1. The maximum absolute atomic E-state index is 5.93. The van der Waals surface area contributed by atoms with Gasteiger partial charge in [0.25, 0.3) is 0 Å². The number of piperidine rings is 1. The summed E-state index contributed by atoms with van der Waals surface area (Å²) in [6.07, 6.45) is 2.54. The van der Waals surface area contributed by atoms with E-state index in [4.69, 9.17) is 4.74 Å². The summed E-state index contributed by atoms with van der Waals surface area (Å²) in [6.45, 7) is 3.05. The maximum Gasteiger partial charge on any atom is 0.119 e. The molecule has 19 heavy (non-hydrogen) atoms. The molecule has 1 aliphatic rings. The van der Waals surface area contributed by atoms with Gasteiger partial charge in [-0.15, -0.1) is 0 Å². The van der Waals surface area contributed by atoms with Crippen molar-refractivity contribution in [2.45, 2.75) is 12.8 Å². The minimum Gasteiger partial charge on any atom is -0.493 e. The van der Waals surface area contributed by atoms with Crippen LogP contribution in [0.4, 0.5) is 0 Å². The van der Waals surface area contributed by atoms with E-state index in [2.05, 4.69) is 57.6 Å². The maximum atomic E-state index is 5.93. The zero-order valence-electron chi connectivity index (χ0n) is 10.9. The van der Waals surface area contributed by atoms with Gasteiger partial charge in [0.15, 0.2) is 0 Å². The number of hydrogen-bond donors (Lipinski definition) is 1. The SMILES string of the molecule is Brc1ccc2cc(OCC3CCCNC3)ccc2c1. The Kier molecular flexibility index (Phi) is 4.04. The molecule has 2 nitrogen and oxygen atoms in total. The van der Waals surface area contributed by atoms with Gasteiger partial charge in [0.2, 0.25) is 0 Å². The summed E-state index contributed by atoms with van der Waals surface area (Å²) in [5.41, 5.74) is 0. The van der Waals surface area contributed by atoms with Crippen molar-refractivity contribution in [3.8, 4) is 5.75 Å². The summed E-state index contributed by atoms with van der Waals surface area (Å²) >= 11 is 3.50. The van der Waals surface area contributed by atoms with Gasteiger partial charge in [-0.2, -0.15) is 0 Å². The van der Waals surface area contributed by atoms with E-state index in [1.165, 1.54) is 23.6 Å². The molecule has 0 aromatic heterocycles. The summed E-state index contributed by atoms with van der Waals surface area (Å²) in [4.78, 5) is 0. The number of rotatable bonds is 3. The van der Waals surface area contributed by atoms with Crippen molar-refractivity contribution in [2.24, 2.45) is 5.92 Å². The molecule has 1 heterocycles. The van der Waals surface area contributed by atoms with Gasteiger partial charge in [-0.05, 0) is 54.4 Å². The van der Waals surface area contributed by atoms with Crippen LogP contribution in [0.3, 0.4) is 0 Å². The Morgan fingerprint density at radius 1 is 1.16 bits per heavy atom. The molecule has 1 aliphatic heterocycles. The smallest absolute Gasteiger partial charge is 0.119 e. The molecule has 1 N–H and O–H groups in total. The fourth-order valence-corrected chi connectivity index (χ4v) is 2.94. The molecule has 2 aromatic rings. The molecule has 0 aliphatic carbocycles. The minimum absolute atomic E-state index is 0.648. The molecule has 3 rings (SSSR count). The first-order valence-corrected chi connectivity index (χ1v) is 7.63. The van der Waals surface area contributed by atoms with E-state index < -0.39 is 0 Å². The molecule has 0 saturated carbocycles. The van der Waals surface area contributed by atoms with Crippen LogP contribution in [0.5, 0.6) is 5.75 Å². The fraction of sp³-hybridized carbons (Fsp3) is 0.375. The van der Waals surface area contributed by atoms with Crippen molar-refractivity contribution in [1.82, 2.24) is 5.32 Å². The van der Waals surface area contributed by atoms with Crippen molar-refractivity contribution >= 4 is 26.7 Å². The Morgan fingerprint density at radius 3 is 2.84 bits per heavy atom. The highest BCUT2D eigenvalue weighted by Crippen LogP contribution is 2.24. The molecule has 1 fully saturated rings. The van der Waals surface area contributed by atoms with E-state index in [9.17, 15) is 0 Å². The monoisotopic (exact) mass is 319 g/mol. The van der Waals surface area contributed by atoms with E-state index in [1.54, 1.807) is 0 Å². The average Bonchev–Trinajstić information content (AvgIpc) is 2.46. The number of benzene rings is 2. The van der Waals surface area contributed by atoms with Gasteiger partial charge in [-0.3, -0.25) is 0 Å². The normalized spacial score (nSPS) is 19.5. The third-order valence-corrected chi connectivity index (χ3v) is 4.15. The topological polar surface area (TPSA) is 21.3 Å². The second kappa shape index (κ2) is 5.93. The second-order valence-corrected chi connectivity index (χ2v) is 6.09. The summed E-state index contributed by atoms with van der Waals surface area (Å²) in [7, 11) is 0. The zero-order chi connectivity index (χ0) is 13.1. The van der Waals surface area contributed by atoms with Crippen molar-refractivity contribution in [2.75, 3.05) is 19.7 Å². The van der Waals surface area contributed by atoms with Crippen molar-refractivity contribution in [1.29, 1.82) is 0 Å². The van der Waals surface area contributed by atoms with Crippen LogP contribution in [0, 0.1) is 5.92 Å². The lowest BCUT2D eigenvalue weighted by Gasteiger charge is -2.22. The number of halogens is 1. The molecule has 1 saturated heterocycles. The molecular formula is C16H18BrNO. The molecule has 1 unspecified atom stereocenters. The highest BCUT2D eigenvalue weighted by molar-refractivity contribution is 9.10. The first kappa shape index (κ1) is 12.9. The van der Waals surface area contributed by atoms with Gasteiger partial charge < -0.3 is 10.1 Å². The van der Waals surface area contributed by atoms with E-state index in [0.29, 0.717) is 5.92 Å². The van der Waals surface area contributed by atoms with Crippen LogP contribution in [0.1, 0.15) is 12.8 Å². The Hall–Kier alpha value is -1.06. The molecule has 0 radical (unpaired) electrons. The summed E-state index contributed by atoms with van der Waals surface area (Å²) < 4.78 is 7.05. The lowest BCUT2D eigenvalue weighted by molar-refractivity contribution is 0.218. The largest absolute Gasteiger partial charge is 0.493 e. The van der Waals surface area contributed by atoms with Crippen molar-refractivity contribution in [3.05, 3.63) is 40.9 Å². The molecule has 2 aromatic carbocycles. The molecule has 0 spiro atoms. The molecule has 1 atom stereocenters. The van der Waals surface area contributed by atoms with Crippen LogP contribution < -0.4 is 10.1 Å². The standard InChI is InChI=1S/C16H18BrNO/c17-15-5-3-14-9-16(6-4-13(14)8-15)19-11-12-2-1-7-18-10-12/h3-6,8-9,12,18H,1-2,7,10-11H2. The van der Waals surface area contributed by atoms with E-state index in [1.807, 2.05) is 0 Å². The van der Waals surface area contributed by atoms with Gasteiger partial charge >= 0.3 is 0 Å². The molecule has 0 amide bonds. The lowest BCUT2D eigenvalue weighted by Crippen LogP contribution is -2.33. The van der Waals surface area contributed by atoms with Crippen molar-refractivity contribution in [3.63, 3.8) is 0 Å². The van der Waals surface area contributed by atoms with Crippen LogP contribution in [0.2, 0.25) is 0 Å². The summed E-state index contributed by atoms with van der Waals surface area (Å²) in [5, 5.41) is 5.88. The van der Waals surface area contributed by atoms with Gasteiger partial charge in [0, 0.05) is 16.9 Å². The highest BCUT2D eigenvalue weighted by Gasteiger charge is 2.13. The summed E-state index contributed by atoms with van der Waals surface area (Å²) in [5.74, 6) is 1.62. The van der Waals surface area contributed by atoms with E-state index in [-0.39, 0.29) is 0 Å². The predicted molar refractivity (Wildman–Crippen MR) is 82.7 cm³/mol. The van der Waals surface area contributed by atoms with Crippen LogP contribution >= 0.6 is 15.9 Å². The van der Waals surface area contributed by atoms with Gasteiger partial charge in [0.05, 0.1) is 6.61 Å². The van der Waals surface area contributed by atoms with Gasteiger partial charge in [-0.1, -0.05) is 28.1 Å². The van der Waals surface area contributed by atoms with Crippen LogP contribution in [-0.2, 0) is 0 Å². The zero-order valence-corrected chi connectivity index (χ0v) is 12.4. The fourth-order valence-electron chi connectivity index (χ4n) is 2.56. The first-order valence-electron chi connectivity index (χ1n) is 6.84. The third-order valence-electron chi connectivity index (χ3n) is 3.66. The van der Waals surface area contributed by atoms with E-state index >= 15 is 0 Å². The van der Waals surface area contributed by atoms with Gasteiger partial charge in [0.1, 0.15) is 5.75 Å². The molecular weight excluding hydrogens is 302 g/mol. The van der Waals surface area contributed by atoms with Crippen molar-refractivity contribution < 1.29 is 4.74 Å². The summed E-state index contributed by atoms with van der Waals surface area (Å²) in [6, 6.07) is 12.6. The van der Waals surface area contributed by atoms with E-state index in [0.717, 1.165) is 29.9 Å². The Labute approximate surface area is 122 Å². The number of ether oxygens (including phenoxy) is 1. The Balaban J connectivity index is 1.69. The molecule has 0 bridgehead atoms. The van der Waals surface area contributed by atoms with Gasteiger partial charge in [-0.25, -0.2) is 0 Å². The van der Waals surface area contributed by atoms with Crippen LogP contribution in [0.15, 0.2) is 40.9 Å².